The third-order valence-electron chi connectivity index (χ3n) is 4.50. The number of thiazole rings is 1. The number of aromatic nitrogens is 1. The molecule has 0 N–H and O–H groups in total. The van der Waals surface area contributed by atoms with Crippen molar-refractivity contribution in [3.63, 3.8) is 0 Å². The summed E-state index contributed by atoms with van der Waals surface area (Å²) in [6.45, 7) is 4.89. The summed E-state index contributed by atoms with van der Waals surface area (Å²) in [5.41, 5.74) is 2.88. The van der Waals surface area contributed by atoms with Gasteiger partial charge in [0.15, 0.2) is 0 Å². The first-order valence-electron chi connectivity index (χ1n) is 8.74. The molecule has 0 aliphatic carbocycles. The molecule has 1 amide bonds. The molecular weight excluding hydrogens is 360 g/mol. The van der Waals surface area contributed by atoms with Gasteiger partial charge in [-0.2, -0.15) is 0 Å². The number of hydrogen-bond donors (Lipinski definition) is 0. The van der Waals surface area contributed by atoms with E-state index in [1.54, 1.807) is 0 Å². The molecule has 26 heavy (non-hydrogen) atoms. The van der Waals surface area contributed by atoms with Crippen LogP contribution in [-0.4, -0.2) is 22.7 Å². The van der Waals surface area contributed by atoms with Gasteiger partial charge in [0.05, 0.1) is 11.4 Å². The molecule has 3 aromatic rings. The molecule has 1 atom stereocenters. The predicted molar refractivity (Wildman–Crippen MR) is 110 cm³/mol. The summed E-state index contributed by atoms with van der Waals surface area (Å²) in [6.07, 6.45) is 0.981. The zero-order chi connectivity index (χ0) is 18.1. The lowest BCUT2D eigenvalue weighted by atomic mass is 10.2. The first-order valence-corrected chi connectivity index (χ1v) is 10.4. The van der Waals surface area contributed by atoms with Crippen LogP contribution in [0.3, 0.4) is 0 Å². The predicted octanol–water partition coefficient (Wildman–Crippen LogP) is 5.65. The molecule has 0 bridgehead atoms. The Morgan fingerprint density at radius 3 is 2.65 bits per heavy atom. The number of benzene rings is 2. The number of rotatable bonds is 2. The Balaban J connectivity index is 1.71. The Hall–Kier alpha value is -2.11. The lowest BCUT2D eigenvalue weighted by Crippen LogP contribution is -2.32. The SMILES string of the molecule is Cc1nc(-c2ccccc2)sc1C(=O)N1CCC(C)Sc2ccccc21. The second kappa shape index (κ2) is 7.25. The van der Waals surface area contributed by atoms with Gasteiger partial charge in [-0.25, -0.2) is 4.98 Å². The summed E-state index contributed by atoms with van der Waals surface area (Å²) in [4.78, 5) is 21.9. The summed E-state index contributed by atoms with van der Waals surface area (Å²) < 4.78 is 0. The summed E-state index contributed by atoms with van der Waals surface area (Å²) in [6, 6.07) is 18.3. The van der Waals surface area contributed by atoms with Gasteiger partial charge in [0.1, 0.15) is 9.88 Å². The van der Waals surface area contributed by atoms with E-state index in [9.17, 15) is 4.79 Å². The molecule has 1 unspecified atom stereocenters. The highest BCUT2D eigenvalue weighted by Gasteiger charge is 2.27. The molecule has 1 aromatic heterocycles. The van der Waals surface area contributed by atoms with Crippen LogP contribution in [0.25, 0.3) is 10.6 Å². The Morgan fingerprint density at radius 2 is 1.85 bits per heavy atom. The van der Waals surface area contributed by atoms with Gasteiger partial charge in [0, 0.05) is 22.3 Å². The number of thioether (sulfide) groups is 1. The van der Waals surface area contributed by atoms with Crippen molar-refractivity contribution < 1.29 is 4.79 Å². The molecule has 0 radical (unpaired) electrons. The van der Waals surface area contributed by atoms with Crippen molar-refractivity contribution >= 4 is 34.7 Å². The second-order valence-corrected chi connectivity index (χ2v) is 8.92. The van der Waals surface area contributed by atoms with E-state index in [4.69, 9.17) is 0 Å². The molecule has 3 nitrogen and oxygen atoms in total. The van der Waals surface area contributed by atoms with Gasteiger partial charge < -0.3 is 4.90 Å². The largest absolute Gasteiger partial charge is 0.306 e. The number of carbonyl (C=O) groups excluding carboxylic acids is 1. The van der Waals surface area contributed by atoms with E-state index >= 15 is 0 Å². The average Bonchev–Trinajstić information content (AvgIpc) is 2.96. The normalized spacial score (nSPS) is 16.8. The lowest BCUT2D eigenvalue weighted by Gasteiger charge is -2.22. The highest BCUT2D eigenvalue weighted by atomic mass is 32.2. The second-order valence-electron chi connectivity index (χ2n) is 6.44. The van der Waals surface area contributed by atoms with Crippen LogP contribution in [0.2, 0.25) is 0 Å². The zero-order valence-electron chi connectivity index (χ0n) is 14.8. The topological polar surface area (TPSA) is 33.2 Å². The van der Waals surface area contributed by atoms with Gasteiger partial charge in [-0.3, -0.25) is 4.79 Å². The smallest absolute Gasteiger partial charge is 0.270 e. The van der Waals surface area contributed by atoms with E-state index in [1.807, 2.05) is 72.1 Å². The zero-order valence-corrected chi connectivity index (χ0v) is 16.4. The summed E-state index contributed by atoms with van der Waals surface area (Å²) in [7, 11) is 0. The molecule has 5 heteroatoms. The van der Waals surface area contributed by atoms with Crippen LogP contribution >= 0.6 is 23.1 Å². The maximum atomic E-state index is 13.4. The number of anilines is 1. The monoisotopic (exact) mass is 380 g/mol. The van der Waals surface area contributed by atoms with E-state index in [1.165, 1.54) is 16.2 Å². The lowest BCUT2D eigenvalue weighted by molar-refractivity contribution is 0.0989. The van der Waals surface area contributed by atoms with Crippen LogP contribution in [0.5, 0.6) is 0 Å². The van der Waals surface area contributed by atoms with Gasteiger partial charge in [-0.05, 0) is 25.5 Å². The fraction of sp³-hybridized carbons (Fsp3) is 0.238. The van der Waals surface area contributed by atoms with E-state index in [-0.39, 0.29) is 5.91 Å². The minimum atomic E-state index is 0.0596. The third kappa shape index (κ3) is 3.29. The molecule has 2 heterocycles. The van der Waals surface area contributed by atoms with E-state index < -0.39 is 0 Å². The molecule has 0 fully saturated rings. The highest BCUT2D eigenvalue weighted by Crippen LogP contribution is 2.39. The standard InChI is InChI=1S/C21H20N2OS2/c1-14-12-13-23(17-10-6-7-11-18(17)25-14)21(24)19-15(2)22-20(26-19)16-8-4-3-5-9-16/h3-11,14H,12-13H2,1-2H3. The van der Waals surface area contributed by atoms with Crippen molar-refractivity contribution in [2.75, 3.05) is 11.4 Å². The minimum Gasteiger partial charge on any atom is -0.306 e. The van der Waals surface area contributed by atoms with Crippen LogP contribution in [0, 0.1) is 6.92 Å². The summed E-state index contributed by atoms with van der Waals surface area (Å²) in [5.74, 6) is 0.0596. The summed E-state index contributed by atoms with van der Waals surface area (Å²) in [5, 5.41) is 1.40. The van der Waals surface area contributed by atoms with Gasteiger partial charge >= 0.3 is 0 Å². The Morgan fingerprint density at radius 1 is 1.12 bits per heavy atom. The minimum absolute atomic E-state index is 0.0596. The molecule has 2 aromatic carbocycles. The maximum Gasteiger partial charge on any atom is 0.270 e. The van der Waals surface area contributed by atoms with Crippen molar-refractivity contribution in [1.82, 2.24) is 4.98 Å². The van der Waals surface area contributed by atoms with Crippen LogP contribution < -0.4 is 4.90 Å². The van der Waals surface area contributed by atoms with Gasteiger partial charge in [0.2, 0.25) is 0 Å². The number of nitrogens with zero attached hydrogens (tertiary/aromatic N) is 2. The molecule has 0 saturated heterocycles. The fourth-order valence-electron chi connectivity index (χ4n) is 3.12. The molecule has 0 saturated carbocycles. The van der Waals surface area contributed by atoms with Gasteiger partial charge in [-0.15, -0.1) is 23.1 Å². The first-order chi connectivity index (χ1) is 12.6. The van der Waals surface area contributed by atoms with Gasteiger partial charge in [0.25, 0.3) is 5.91 Å². The molecule has 1 aliphatic heterocycles. The van der Waals surface area contributed by atoms with E-state index in [0.29, 0.717) is 5.25 Å². The number of aryl methyl sites for hydroxylation is 1. The maximum absolute atomic E-state index is 13.4. The molecular formula is C21H20N2OS2. The third-order valence-corrected chi connectivity index (χ3v) is 6.93. The van der Waals surface area contributed by atoms with Crippen LogP contribution in [0.15, 0.2) is 59.5 Å². The number of fused-ring (bicyclic) bond motifs is 1. The number of para-hydroxylation sites is 1. The van der Waals surface area contributed by atoms with Gasteiger partial charge in [-0.1, -0.05) is 49.4 Å². The molecule has 132 valence electrons. The van der Waals surface area contributed by atoms with Crippen molar-refractivity contribution in [1.29, 1.82) is 0 Å². The quantitative estimate of drug-likeness (QED) is 0.576. The molecule has 4 rings (SSSR count). The van der Waals surface area contributed by atoms with E-state index in [2.05, 4.69) is 18.0 Å². The average molecular weight is 381 g/mol. The number of carbonyl (C=O) groups is 1. The molecule has 1 aliphatic rings. The van der Waals surface area contributed by atoms with E-state index in [0.717, 1.165) is 39.8 Å². The van der Waals surface area contributed by atoms with Crippen molar-refractivity contribution in [2.24, 2.45) is 0 Å². The Kier molecular flexibility index (Phi) is 4.83. The number of amides is 1. The number of hydrogen-bond acceptors (Lipinski definition) is 4. The van der Waals surface area contributed by atoms with Crippen LogP contribution in [-0.2, 0) is 0 Å². The summed E-state index contributed by atoms with van der Waals surface area (Å²) >= 11 is 3.34. The fourth-order valence-corrected chi connectivity index (χ4v) is 5.25. The van der Waals surface area contributed by atoms with Crippen LogP contribution in [0.4, 0.5) is 5.69 Å². The first kappa shape index (κ1) is 17.3. The Labute approximate surface area is 162 Å². The van der Waals surface area contributed by atoms with Crippen molar-refractivity contribution in [3.8, 4) is 10.6 Å². The van der Waals surface area contributed by atoms with Crippen LogP contribution in [0.1, 0.15) is 28.7 Å². The van der Waals surface area contributed by atoms with Crippen molar-refractivity contribution in [2.45, 2.75) is 30.4 Å². The van der Waals surface area contributed by atoms with Crippen molar-refractivity contribution in [3.05, 3.63) is 65.2 Å². The highest BCUT2D eigenvalue weighted by molar-refractivity contribution is 8.00. The molecule has 0 spiro atoms. The Bertz CT molecular complexity index is 936.